The number of carbonyl (C=O) groups is 2. The predicted octanol–water partition coefficient (Wildman–Crippen LogP) is 2.92. The Hall–Kier alpha value is -3.46. The van der Waals surface area contributed by atoms with E-state index in [1.807, 2.05) is 24.0 Å². The van der Waals surface area contributed by atoms with Crippen LogP contribution in [0.2, 0.25) is 0 Å². The summed E-state index contributed by atoms with van der Waals surface area (Å²) < 4.78 is 10.5. The van der Waals surface area contributed by atoms with E-state index < -0.39 is 22.9 Å². The number of nitro benzene ring substituents is 1. The standard InChI is InChI=1S/C21H23N3O6/c1-14-3-6-17(7-4-14)22-20(25)15(2)30-21(26)16-5-8-18(19(13-16)24(27)28)23-9-11-29-12-10-23/h3-8,13,15H,9-12H2,1-2H3,(H,22,25)/t15-/m0/s1. The van der Waals surface area contributed by atoms with Gasteiger partial charge in [0.1, 0.15) is 5.69 Å². The third-order valence-electron chi connectivity index (χ3n) is 4.73. The molecule has 0 spiro atoms. The van der Waals surface area contributed by atoms with Gasteiger partial charge in [-0.05, 0) is 38.1 Å². The van der Waals surface area contributed by atoms with Gasteiger partial charge < -0.3 is 19.7 Å². The fraction of sp³-hybridized carbons (Fsp3) is 0.333. The molecule has 0 aliphatic carbocycles. The van der Waals surface area contributed by atoms with Gasteiger partial charge in [0.25, 0.3) is 11.6 Å². The first-order valence-corrected chi connectivity index (χ1v) is 9.55. The molecule has 1 heterocycles. The van der Waals surface area contributed by atoms with Crippen LogP contribution in [0.1, 0.15) is 22.8 Å². The summed E-state index contributed by atoms with van der Waals surface area (Å²) in [5.74, 6) is -1.30. The molecule has 0 radical (unpaired) electrons. The Morgan fingerprint density at radius 3 is 2.47 bits per heavy atom. The SMILES string of the molecule is Cc1ccc(NC(=O)[C@H](C)OC(=O)c2ccc(N3CCOCC3)c([N+](=O)[O-])c2)cc1. The Bertz CT molecular complexity index is 938. The van der Waals surface area contributed by atoms with Gasteiger partial charge in [-0.25, -0.2) is 4.79 Å². The van der Waals surface area contributed by atoms with Crippen LogP contribution in [0, 0.1) is 17.0 Å². The second-order valence-electron chi connectivity index (χ2n) is 6.96. The van der Waals surface area contributed by atoms with E-state index in [4.69, 9.17) is 9.47 Å². The quantitative estimate of drug-likeness (QED) is 0.440. The lowest BCUT2D eigenvalue weighted by Gasteiger charge is -2.28. The minimum atomic E-state index is -1.07. The van der Waals surface area contributed by atoms with E-state index in [1.54, 1.807) is 12.1 Å². The number of nitrogens with zero attached hydrogens (tertiary/aromatic N) is 2. The molecular formula is C21H23N3O6. The Morgan fingerprint density at radius 2 is 1.83 bits per heavy atom. The van der Waals surface area contributed by atoms with Crippen LogP contribution in [0.4, 0.5) is 17.1 Å². The summed E-state index contributed by atoms with van der Waals surface area (Å²) in [5, 5.41) is 14.2. The first-order valence-electron chi connectivity index (χ1n) is 9.55. The molecular weight excluding hydrogens is 390 g/mol. The Labute approximate surface area is 173 Å². The average Bonchev–Trinajstić information content (AvgIpc) is 2.75. The lowest BCUT2D eigenvalue weighted by molar-refractivity contribution is -0.384. The van der Waals surface area contributed by atoms with E-state index in [0.29, 0.717) is 37.7 Å². The van der Waals surface area contributed by atoms with Crippen molar-refractivity contribution in [3.05, 3.63) is 63.7 Å². The maximum atomic E-state index is 12.5. The summed E-state index contributed by atoms with van der Waals surface area (Å²) in [4.78, 5) is 37.6. The van der Waals surface area contributed by atoms with Crippen LogP contribution in [0.15, 0.2) is 42.5 Å². The van der Waals surface area contributed by atoms with E-state index in [9.17, 15) is 19.7 Å². The molecule has 1 fully saturated rings. The lowest BCUT2D eigenvalue weighted by Crippen LogP contribution is -2.36. The molecule has 0 saturated carbocycles. The fourth-order valence-corrected chi connectivity index (χ4v) is 3.03. The predicted molar refractivity (Wildman–Crippen MR) is 111 cm³/mol. The summed E-state index contributed by atoms with van der Waals surface area (Å²) in [6.07, 6.45) is -1.07. The van der Waals surface area contributed by atoms with Gasteiger partial charge in [-0.3, -0.25) is 14.9 Å². The Kier molecular flexibility index (Phi) is 6.63. The van der Waals surface area contributed by atoms with Crippen molar-refractivity contribution in [2.45, 2.75) is 20.0 Å². The molecule has 1 N–H and O–H groups in total. The highest BCUT2D eigenvalue weighted by molar-refractivity contribution is 5.97. The summed E-state index contributed by atoms with van der Waals surface area (Å²) in [6, 6.07) is 11.4. The fourth-order valence-electron chi connectivity index (χ4n) is 3.03. The monoisotopic (exact) mass is 413 g/mol. The number of nitro groups is 1. The summed E-state index contributed by atoms with van der Waals surface area (Å²) in [6.45, 7) is 5.39. The third-order valence-corrected chi connectivity index (χ3v) is 4.73. The Morgan fingerprint density at radius 1 is 1.17 bits per heavy atom. The van der Waals surface area contributed by atoms with Crippen molar-refractivity contribution in [2.24, 2.45) is 0 Å². The molecule has 0 unspecified atom stereocenters. The topological polar surface area (TPSA) is 111 Å². The van der Waals surface area contributed by atoms with Crippen LogP contribution in [-0.4, -0.2) is 49.2 Å². The number of amides is 1. The van der Waals surface area contributed by atoms with Gasteiger partial charge in [-0.2, -0.15) is 0 Å². The van der Waals surface area contributed by atoms with Crippen molar-refractivity contribution in [3.63, 3.8) is 0 Å². The van der Waals surface area contributed by atoms with E-state index in [-0.39, 0.29) is 11.3 Å². The first-order chi connectivity index (χ1) is 14.3. The van der Waals surface area contributed by atoms with Crippen molar-refractivity contribution in [1.29, 1.82) is 0 Å². The van der Waals surface area contributed by atoms with Crippen molar-refractivity contribution in [2.75, 3.05) is 36.5 Å². The summed E-state index contributed by atoms with van der Waals surface area (Å²) in [5.41, 5.74) is 1.87. The number of carbonyl (C=O) groups excluding carboxylic acids is 2. The van der Waals surface area contributed by atoms with Crippen LogP contribution in [0.5, 0.6) is 0 Å². The number of morpholine rings is 1. The minimum absolute atomic E-state index is 0.00805. The first kappa shape index (κ1) is 21.3. The molecule has 1 saturated heterocycles. The highest BCUT2D eigenvalue weighted by Crippen LogP contribution is 2.30. The van der Waals surface area contributed by atoms with Crippen LogP contribution in [0.3, 0.4) is 0 Å². The minimum Gasteiger partial charge on any atom is -0.449 e. The van der Waals surface area contributed by atoms with Gasteiger partial charge in [0.15, 0.2) is 6.10 Å². The van der Waals surface area contributed by atoms with Crippen molar-refractivity contribution >= 4 is 28.9 Å². The molecule has 158 valence electrons. The summed E-state index contributed by atoms with van der Waals surface area (Å²) >= 11 is 0. The molecule has 9 heteroatoms. The normalized spacial score (nSPS) is 14.7. The van der Waals surface area contributed by atoms with Gasteiger partial charge in [0, 0.05) is 24.8 Å². The number of esters is 1. The lowest BCUT2D eigenvalue weighted by atomic mass is 10.1. The van der Waals surface area contributed by atoms with Gasteiger partial charge >= 0.3 is 5.97 Å². The molecule has 30 heavy (non-hydrogen) atoms. The van der Waals surface area contributed by atoms with Crippen LogP contribution < -0.4 is 10.2 Å². The number of benzene rings is 2. The zero-order valence-corrected chi connectivity index (χ0v) is 16.8. The van der Waals surface area contributed by atoms with E-state index in [1.165, 1.54) is 25.1 Å². The van der Waals surface area contributed by atoms with Gasteiger partial charge in [-0.1, -0.05) is 17.7 Å². The molecule has 2 aromatic carbocycles. The van der Waals surface area contributed by atoms with Crippen LogP contribution >= 0.6 is 0 Å². The number of rotatable bonds is 6. The van der Waals surface area contributed by atoms with Gasteiger partial charge in [0.2, 0.25) is 0 Å². The van der Waals surface area contributed by atoms with E-state index in [2.05, 4.69) is 5.32 Å². The summed E-state index contributed by atoms with van der Waals surface area (Å²) in [7, 11) is 0. The second kappa shape index (κ2) is 9.36. The second-order valence-corrected chi connectivity index (χ2v) is 6.96. The largest absolute Gasteiger partial charge is 0.449 e. The maximum Gasteiger partial charge on any atom is 0.339 e. The molecule has 2 aromatic rings. The average molecular weight is 413 g/mol. The zero-order chi connectivity index (χ0) is 21.7. The van der Waals surface area contributed by atoms with Crippen LogP contribution in [-0.2, 0) is 14.3 Å². The molecule has 1 atom stereocenters. The molecule has 0 bridgehead atoms. The van der Waals surface area contributed by atoms with Crippen molar-refractivity contribution in [3.8, 4) is 0 Å². The molecule has 3 rings (SSSR count). The highest BCUT2D eigenvalue weighted by atomic mass is 16.6. The van der Waals surface area contributed by atoms with E-state index in [0.717, 1.165) is 5.56 Å². The molecule has 1 amide bonds. The highest BCUT2D eigenvalue weighted by Gasteiger charge is 2.25. The molecule has 9 nitrogen and oxygen atoms in total. The maximum absolute atomic E-state index is 12.5. The number of nitrogens with one attached hydrogen (secondary N) is 1. The van der Waals surface area contributed by atoms with Crippen molar-refractivity contribution in [1.82, 2.24) is 0 Å². The van der Waals surface area contributed by atoms with Gasteiger partial charge in [0.05, 0.1) is 23.7 Å². The Balaban J connectivity index is 1.69. The van der Waals surface area contributed by atoms with E-state index >= 15 is 0 Å². The number of hydrogen-bond acceptors (Lipinski definition) is 7. The molecule has 0 aromatic heterocycles. The number of hydrogen-bond donors (Lipinski definition) is 1. The van der Waals surface area contributed by atoms with Crippen molar-refractivity contribution < 1.29 is 24.0 Å². The smallest absolute Gasteiger partial charge is 0.339 e. The molecule has 1 aliphatic rings. The number of ether oxygens (including phenoxy) is 2. The number of anilines is 2. The molecule has 1 aliphatic heterocycles. The third kappa shape index (κ3) is 5.12. The zero-order valence-electron chi connectivity index (χ0n) is 16.8. The van der Waals surface area contributed by atoms with Gasteiger partial charge in [-0.15, -0.1) is 0 Å². The van der Waals surface area contributed by atoms with Crippen LogP contribution in [0.25, 0.3) is 0 Å². The number of aryl methyl sites for hydroxylation is 1.